The Labute approximate surface area is 107 Å². The van der Waals surface area contributed by atoms with Gasteiger partial charge < -0.3 is 10.4 Å². The van der Waals surface area contributed by atoms with Crippen LogP contribution in [0.15, 0.2) is 21.1 Å². The molecule has 84 valence electrons. The summed E-state index contributed by atoms with van der Waals surface area (Å²) in [7, 11) is 0. The van der Waals surface area contributed by atoms with Crippen LogP contribution < -0.4 is 5.32 Å². The van der Waals surface area contributed by atoms with Crippen molar-refractivity contribution in [1.29, 1.82) is 0 Å². The quantitative estimate of drug-likeness (QED) is 0.882. The largest absolute Gasteiger partial charge is 0.389 e. The first-order valence-corrected chi connectivity index (χ1v) is 6.30. The second-order valence-corrected chi connectivity index (χ2v) is 5.98. The van der Waals surface area contributed by atoms with Gasteiger partial charge in [0.2, 0.25) is 0 Å². The third-order valence-corrected chi connectivity index (χ3v) is 3.14. The third-order valence-electron chi connectivity index (χ3n) is 1.88. The van der Waals surface area contributed by atoms with Gasteiger partial charge in [0.1, 0.15) is 0 Å². The van der Waals surface area contributed by atoms with Gasteiger partial charge in [0, 0.05) is 15.5 Å². The minimum Gasteiger partial charge on any atom is -0.389 e. The average Bonchev–Trinajstić information content (AvgIpc) is 1.99. The molecule has 1 aromatic rings. The van der Waals surface area contributed by atoms with Gasteiger partial charge >= 0.3 is 0 Å². The van der Waals surface area contributed by atoms with Crippen molar-refractivity contribution in [2.45, 2.75) is 26.4 Å². The minimum absolute atomic E-state index is 0.507. The van der Waals surface area contributed by atoms with Gasteiger partial charge in [0.05, 0.1) is 11.3 Å². The maximum Gasteiger partial charge on any atom is 0.0763 e. The van der Waals surface area contributed by atoms with Gasteiger partial charge in [-0.25, -0.2) is 0 Å². The van der Waals surface area contributed by atoms with Crippen molar-refractivity contribution < 1.29 is 5.11 Å². The van der Waals surface area contributed by atoms with Crippen LogP contribution in [0.5, 0.6) is 0 Å². The van der Waals surface area contributed by atoms with Gasteiger partial charge in [-0.05, 0) is 70.3 Å². The molecule has 0 unspecified atom stereocenters. The second-order valence-electron chi connectivity index (χ2n) is 4.27. The molecule has 0 aromatic heterocycles. The fourth-order valence-corrected chi connectivity index (χ4v) is 2.87. The van der Waals surface area contributed by atoms with Crippen molar-refractivity contribution >= 4 is 37.5 Å². The van der Waals surface area contributed by atoms with Crippen LogP contribution in [-0.2, 0) is 0 Å². The first kappa shape index (κ1) is 13.0. The van der Waals surface area contributed by atoms with Crippen LogP contribution in [-0.4, -0.2) is 17.3 Å². The molecule has 2 nitrogen and oxygen atoms in total. The van der Waals surface area contributed by atoms with E-state index in [2.05, 4.69) is 37.2 Å². The van der Waals surface area contributed by atoms with Gasteiger partial charge in [0.15, 0.2) is 0 Å². The molecule has 0 amide bonds. The highest BCUT2D eigenvalue weighted by Gasteiger charge is 2.14. The summed E-state index contributed by atoms with van der Waals surface area (Å²) < 4.78 is 2.00. The number of aryl methyl sites for hydroxylation is 1. The molecule has 1 rings (SSSR count). The highest BCUT2D eigenvalue weighted by molar-refractivity contribution is 9.11. The van der Waals surface area contributed by atoms with Gasteiger partial charge in [-0.1, -0.05) is 0 Å². The van der Waals surface area contributed by atoms with Crippen LogP contribution >= 0.6 is 31.9 Å². The van der Waals surface area contributed by atoms with Gasteiger partial charge in [-0.15, -0.1) is 0 Å². The minimum atomic E-state index is -0.718. The first-order chi connectivity index (χ1) is 6.79. The maximum atomic E-state index is 9.62. The number of hydrogen-bond donors (Lipinski definition) is 2. The molecule has 0 aliphatic heterocycles. The van der Waals surface area contributed by atoms with Crippen LogP contribution in [0.4, 0.5) is 5.69 Å². The second kappa shape index (κ2) is 4.85. The van der Waals surface area contributed by atoms with Crippen LogP contribution in [0.2, 0.25) is 0 Å². The lowest BCUT2D eigenvalue weighted by Crippen LogP contribution is -2.29. The molecule has 2 N–H and O–H groups in total. The van der Waals surface area contributed by atoms with Crippen molar-refractivity contribution in [3.63, 3.8) is 0 Å². The standard InChI is InChI=1S/C11H15Br2NO/c1-7-4-8(12)10(9(13)5-7)14-6-11(2,3)15/h4-5,14-15H,6H2,1-3H3. The Hall–Kier alpha value is -0.0600. The van der Waals surface area contributed by atoms with Crippen LogP contribution in [0, 0.1) is 6.92 Å². The van der Waals surface area contributed by atoms with E-state index in [1.165, 1.54) is 5.56 Å². The molecular formula is C11H15Br2NO. The number of benzene rings is 1. The summed E-state index contributed by atoms with van der Waals surface area (Å²) in [5.41, 5.74) is 1.44. The average molecular weight is 337 g/mol. The smallest absolute Gasteiger partial charge is 0.0763 e. The van der Waals surface area contributed by atoms with E-state index in [1.54, 1.807) is 13.8 Å². The molecule has 0 spiro atoms. The van der Waals surface area contributed by atoms with Gasteiger partial charge in [0.25, 0.3) is 0 Å². The summed E-state index contributed by atoms with van der Waals surface area (Å²) in [4.78, 5) is 0. The lowest BCUT2D eigenvalue weighted by Gasteiger charge is -2.20. The van der Waals surface area contributed by atoms with Crippen molar-refractivity contribution in [3.05, 3.63) is 26.6 Å². The molecule has 1 aromatic carbocycles. The van der Waals surface area contributed by atoms with E-state index in [9.17, 15) is 5.11 Å². The monoisotopic (exact) mass is 335 g/mol. The molecule has 0 bridgehead atoms. The first-order valence-electron chi connectivity index (χ1n) is 4.71. The van der Waals surface area contributed by atoms with E-state index in [4.69, 9.17) is 0 Å². The van der Waals surface area contributed by atoms with E-state index in [0.717, 1.165) is 14.6 Å². The fraction of sp³-hybridized carbons (Fsp3) is 0.455. The topological polar surface area (TPSA) is 32.3 Å². The number of anilines is 1. The van der Waals surface area contributed by atoms with Crippen LogP contribution in [0.25, 0.3) is 0 Å². The van der Waals surface area contributed by atoms with E-state index < -0.39 is 5.60 Å². The molecule has 0 aliphatic carbocycles. The number of hydrogen-bond acceptors (Lipinski definition) is 2. The van der Waals surface area contributed by atoms with Crippen molar-refractivity contribution in [2.75, 3.05) is 11.9 Å². The summed E-state index contributed by atoms with van der Waals surface area (Å²) in [5.74, 6) is 0. The Morgan fingerprint density at radius 3 is 2.13 bits per heavy atom. The number of halogens is 2. The maximum absolute atomic E-state index is 9.62. The van der Waals surface area contributed by atoms with Crippen LogP contribution in [0.3, 0.4) is 0 Å². The summed E-state index contributed by atoms with van der Waals surface area (Å²) in [6, 6.07) is 4.08. The summed E-state index contributed by atoms with van der Waals surface area (Å²) in [6.07, 6.45) is 0. The molecule has 0 saturated heterocycles. The summed E-state index contributed by atoms with van der Waals surface area (Å²) >= 11 is 6.98. The van der Waals surface area contributed by atoms with E-state index in [-0.39, 0.29) is 0 Å². The Morgan fingerprint density at radius 2 is 1.73 bits per heavy atom. The SMILES string of the molecule is Cc1cc(Br)c(NCC(C)(C)O)c(Br)c1. The molecule has 4 heteroatoms. The predicted molar refractivity (Wildman–Crippen MR) is 71.4 cm³/mol. The molecule has 0 fully saturated rings. The molecule has 15 heavy (non-hydrogen) atoms. The van der Waals surface area contributed by atoms with Crippen molar-refractivity contribution in [2.24, 2.45) is 0 Å². The molecule has 0 aliphatic rings. The highest BCUT2D eigenvalue weighted by Crippen LogP contribution is 2.32. The molecule has 0 saturated carbocycles. The lowest BCUT2D eigenvalue weighted by molar-refractivity contribution is 0.0945. The zero-order valence-electron chi connectivity index (χ0n) is 9.06. The normalized spacial score (nSPS) is 11.6. The molecule has 0 radical (unpaired) electrons. The highest BCUT2D eigenvalue weighted by atomic mass is 79.9. The lowest BCUT2D eigenvalue weighted by atomic mass is 10.1. The third kappa shape index (κ3) is 4.13. The molecular weight excluding hydrogens is 322 g/mol. The zero-order valence-corrected chi connectivity index (χ0v) is 12.2. The van der Waals surface area contributed by atoms with Crippen LogP contribution in [0.1, 0.15) is 19.4 Å². The van der Waals surface area contributed by atoms with Gasteiger partial charge in [-0.3, -0.25) is 0 Å². The number of rotatable bonds is 3. The Kier molecular flexibility index (Phi) is 4.20. The Morgan fingerprint density at radius 1 is 1.27 bits per heavy atom. The Bertz CT molecular complexity index is 335. The summed E-state index contributed by atoms with van der Waals surface area (Å²) in [6.45, 7) is 6.09. The van der Waals surface area contributed by atoms with E-state index in [1.807, 2.05) is 19.1 Å². The van der Waals surface area contributed by atoms with E-state index in [0.29, 0.717) is 6.54 Å². The summed E-state index contributed by atoms with van der Waals surface area (Å²) in [5, 5.41) is 12.8. The number of nitrogens with one attached hydrogen (secondary N) is 1. The predicted octanol–water partition coefficient (Wildman–Crippen LogP) is 3.70. The van der Waals surface area contributed by atoms with E-state index >= 15 is 0 Å². The fourth-order valence-electron chi connectivity index (χ4n) is 1.17. The Balaban J connectivity index is 2.86. The molecule has 0 heterocycles. The number of aliphatic hydroxyl groups is 1. The molecule has 0 atom stereocenters. The zero-order chi connectivity index (χ0) is 11.6. The van der Waals surface area contributed by atoms with Crippen molar-refractivity contribution in [1.82, 2.24) is 0 Å². The van der Waals surface area contributed by atoms with Gasteiger partial charge in [-0.2, -0.15) is 0 Å². The van der Waals surface area contributed by atoms with Crippen molar-refractivity contribution in [3.8, 4) is 0 Å².